The van der Waals surface area contributed by atoms with E-state index in [0.29, 0.717) is 54.8 Å². The molecule has 1 aromatic heterocycles. The van der Waals surface area contributed by atoms with Crippen LogP contribution in [0.4, 0.5) is 0 Å². The van der Waals surface area contributed by atoms with Gasteiger partial charge in [0, 0.05) is 12.5 Å². The highest BCUT2D eigenvalue weighted by molar-refractivity contribution is 5.96. The fourth-order valence-corrected chi connectivity index (χ4v) is 6.85. The summed E-state index contributed by atoms with van der Waals surface area (Å²) in [6, 6.07) is 0.294. The topological polar surface area (TPSA) is 115 Å². The van der Waals surface area contributed by atoms with Gasteiger partial charge < -0.3 is 21.0 Å². The van der Waals surface area contributed by atoms with Crippen LogP contribution in [0.15, 0.2) is 11.4 Å². The van der Waals surface area contributed by atoms with Crippen molar-refractivity contribution < 1.29 is 14.7 Å². The number of hydrogen-bond acceptors (Lipinski definition) is 5. The third-order valence-corrected chi connectivity index (χ3v) is 8.28. The second kappa shape index (κ2) is 8.71. The molecule has 4 bridgehead atoms. The highest BCUT2D eigenvalue weighted by Crippen LogP contribution is 2.58. The van der Waals surface area contributed by atoms with E-state index < -0.39 is 0 Å². The smallest absolute Gasteiger partial charge is 0.258 e. The van der Waals surface area contributed by atoms with Gasteiger partial charge in [-0.05, 0) is 68.1 Å². The lowest BCUT2D eigenvalue weighted by molar-refractivity contribution is 0.0888. The molecule has 5 unspecified atom stereocenters. The summed E-state index contributed by atoms with van der Waals surface area (Å²) in [6.07, 6.45) is 13.3. The lowest BCUT2D eigenvalue weighted by Gasteiger charge is -2.32. The number of amides is 1. The lowest BCUT2D eigenvalue weighted by atomic mass is 9.79. The van der Waals surface area contributed by atoms with Gasteiger partial charge in [0.2, 0.25) is 5.88 Å². The van der Waals surface area contributed by atoms with Crippen molar-refractivity contribution in [2.24, 2.45) is 40.5 Å². The quantitative estimate of drug-likeness (QED) is 0.254. The van der Waals surface area contributed by atoms with Crippen molar-refractivity contribution in [3.63, 3.8) is 0 Å². The fourth-order valence-electron chi connectivity index (χ4n) is 6.85. The van der Waals surface area contributed by atoms with E-state index in [1.807, 2.05) is 0 Å². The summed E-state index contributed by atoms with van der Waals surface area (Å²) in [6.45, 7) is 1.01. The number of aryl methyl sites for hydroxylation is 1. The Morgan fingerprint density at radius 2 is 2.03 bits per heavy atom. The van der Waals surface area contributed by atoms with Gasteiger partial charge in [-0.1, -0.05) is 24.4 Å². The Labute approximate surface area is 183 Å². The fraction of sp³-hybridized carbons (Fsp3) is 0.783. The number of aromatic nitrogens is 2. The Morgan fingerprint density at radius 1 is 1.23 bits per heavy atom. The molecule has 5 saturated carbocycles. The van der Waals surface area contributed by atoms with Crippen LogP contribution in [0.1, 0.15) is 74.6 Å². The number of amidine groups is 1. The first-order valence-electron chi connectivity index (χ1n) is 12.1. The molecule has 1 heterocycles. The maximum Gasteiger partial charge on any atom is 0.258 e. The normalized spacial score (nSPS) is 32.5. The molecule has 5 aliphatic rings. The Bertz CT molecular complexity index is 827. The van der Waals surface area contributed by atoms with E-state index >= 15 is 0 Å². The van der Waals surface area contributed by atoms with Gasteiger partial charge in [0.15, 0.2) is 0 Å². The average Bonchev–Trinajstić information content (AvgIpc) is 3.40. The monoisotopic (exact) mass is 429 g/mol. The number of nitrogens with one attached hydrogen (secondary N) is 1. The zero-order valence-electron chi connectivity index (χ0n) is 18.2. The Balaban J connectivity index is 1.30. The molecule has 0 aliphatic heterocycles. The van der Waals surface area contributed by atoms with E-state index in [1.54, 1.807) is 10.9 Å². The SMILES string of the molecule is N/C(CCn1ncc(C(=O)NC2C3CC4CC(C3)C2C4)c1OCC1CCCCC1)=N\O. The molecule has 4 N–H and O–H groups in total. The number of ether oxygens (including phenoxy) is 1. The Hall–Kier alpha value is -2.25. The van der Waals surface area contributed by atoms with E-state index in [-0.39, 0.29) is 11.7 Å². The molecule has 8 nitrogen and oxygen atoms in total. The zero-order chi connectivity index (χ0) is 21.4. The van der Waals surface area contributed by atoms with Crippen LogP contribution >= 0.6 is 0 Å². The molecule has 0 spiro atoms. The van der Waals surface area contributed by atoms with Gasteiger partial charge in [-0.3, -0.25) is 4.79 Å². The van der Waals surface area contributed by atoms with Crippen molar-refractivity contribution in [1.82, 2.24) is 15.1 Å². The number of carbonyl (C=O) groups is 1. The van der Waals surface area contributed by atoms with Gasteiger partial charge >= 0.3 is 0 Å². The minimum Gasteiger partial charge on any atom is -0.477 e. The number of rotatable bonds is 8. The van der Waals surface area contributed by atoms with Gasteiger partial charge in [0.05, 0.1) is 19.3 Å². The van der Waals surface area contributed by atoms with Crippen LogP contribution in [0.3, 0.4) is 0 Å². The molecule has 5 fully saturated rings. The van der Waals surface area contributed by atoms with Gasteiger partial charge in [-0.25, -0.2) is 4.68 Å². The zero-order valence-corrected chi connectivity index (χ0v) is 18.2. The van der Waals surface area contributed by atoms with E-state index in [2.05, 4.69) is 15.6 Å². The van der Waals surface area contributed by atoms with Gasteiger partial charge in [0.1, 0.15) is 11.4 Å². The molecule has 31 heavy (non-hydrogen) atoms. The van der Waals surface area contributed by atoms with Gasteiger partial charge in [-0.2, -0.15) is 5.10 Å². The van der Waals surface area contributed by atoms with Crippen molar-refractivity contribution in [3.8, 4) is 5.88 Å². The molecule has 6 rings (SSSR count). The van der Waals surface area contributed by atoms with Crippen molar-refractivity contribution >= 4 is 11.7 Å². The van der Waals surface area contributed by atoms with E-state index in [1.165, 1.54) is 57.8 Å². The maximum atomic E-state index is 13.3. The van der Waals surface area contributed by atoms with Crippen LogP contribution in [0, 0.1) is 29.6 Å². The van der Waals surface area contributed by atoms with Crippen LogP contribution in [0.5, 0.6) is 5.88 Å². The molecular formula is C23H35N5O3. The molecule has 5 aliphatic carbocycles. The molecule has 8 heteroatoms. The summed E-state index contributed by atoms with van der Waals surface area (Å²) < 4.78 is 7.90. The number of carbonyl (C=O) groups excluding carboxylic acids is 1. The Morgan fingerprint density at radius 3 is 2.81 bits per heavy atom. The highest BCUT2D eigenvalue weighted by atomic mass is 16.5. The first-order chi connectivity index (χ1) is 15.1. The molecular weight excluding hydrogens is 394 g/mol. The van der Waals surface area contributed by atoms with Crippen LogP contribution in [-0.2, 0) is 6.54 Å². The van der Waals surface area contributed by atoms with Crippen molar-refractivity contribution in [2.75, 3.05) is 6.61 Å². The molecule has 1 aromatic rings. The second-order valence-electron chi connectivity index (χ2n) is 10.2. The second-order valence-corrected chi connectivity index (χ2v) is 10.2. The van der Waals surface area contributed by atoms with Crippen LogP contribution < -0.4 is 15.8 Å². The molecule has 1 amide bonds. The number of oxime groups is 1. The molecule has 0 saturated heterocycles. The number of hydrogen-bond donors (Lipinski definition) is 3. The van der Waals surface area contributed by atoms with Crippen molar-refractivity contribution in [3.05, 3.63) is 11.8 Å². The van der Waals surface area contributed by atoms with E-state index in [0.717, 1.165) is 11.8 Å². The van der Waals surface area contributed by atoms with Crippen molar-refractivity contribution in [2.45, 2.75) is 76.8 Å². The summed E-state index contributed by atoms with van der Waals surface area (Å²) in [5, 5.41) is 19.7. The minimum absolute atomic E-state index is 0.0744. The summed E-state index contributed by atoms with van der Waals surface area (Å²) in [7, 11) is 0. The van der Waals surface area contributed by atoms with Gasteiger partial charge in [0.25, 0.3) is 5.91 Å². The lowest BCUT2D eigenvalue weighted by Crippen LogP contribution is -2.44. The predicted molar refractivity (Wildman–Crippen MR) is 116 cm³/mol. The first-order valence-corrected chi connectivity index (χ1v) is 12.1. The van der Waals surface area contributed by atoms with Crippen molar-refractivity contribution in [1.29, 1.82) is 0 Å². The van der Waals surface area contributed by atoms with Crippen LogP contribution in [-0.4, -0.2) is 39.4 Å². The molecule has 170 valence electrons. The maximum absolute atomic E-state index is 13.3. The number of nitrogens with two attached hydrogens (primary N) is 1. The first kappa shape index (κ1) is 20.6. The third-order valence-electron chi connectivity index (χ3n) is 8.28. The molecule has 0 radical (unpaired) electrons. The van der Waals surface area contributed by atoms with E-state index in [4.69, 9.17) is 15.7 Å². The summed E-state index contributed by atoms with van der Waals surface area (Å²) >= 11 is 0. The molecule has 5 atom stereocenters. The highest BCUT2D eigenvalue weighted by Gasteiger charge is 2.54. The number of nitrogens with zero attached hydrogens (tertiary/aromatic N) is 3. The minimum atomic E-state index is -0.0744. The van der Waals surface area contributed by atoms with Crippen LogP contribution in [0.2, 0.25) is 0 Å². The largest absolute Gasteiger partial charge is 0.477 e. The van der Waals surface area contributed by atoms with Gasteiger partial charge in [-0.15, -0.1) is 0 Å². The van der Waals surface area contributed by atoms with Crippen LogP contribution in [0.25, 0.3) is 0 Å². The summed E-state index contributed by atoms with van der Waals surface area (Å²) in [4.78, 5) is 13.3. The standard InChI is InChI=1S/C23H35N5O3/c24-20(27-30)6-7-28-23(31-13-14-4-2-1-3-5-14)19(12-25-28)22(29)26-21-17-9-15-8-16(11-17)18(21)10-15/h12,14-18,21,30H,1-11,13H2,(H2,24,27)(H,26,29). The molecule has 0 aromatic carbocycles. The summed E-state index contributed by atoms with van der Waals surface area (Å²) in [5.74, 6) is 4.08. The third kappa shape index (κ3) is 4.13. The predicted octanol–water partition coefficient (Wildman–Crippen LogP) is 3.14. The Kier molecular flexibility index (Phi) is 5.80. The van der Waals surface area contributed by atoms with E-state index in [9.17, 15) is 4.79 Å². The summed E-state index contributed by atoms with van der Waals surface area (Å²) in [5.41, 5.74) is 6.15. The average molecular weight is 430 g/mol.